The van der Waals surface area contributed by atoms with E-state index in [0.29, 0.717) is 13.0 Å². The van der Waals surface area contributed by atoms with Gasteiger partial charge in [-0.25, -0.2) is 8.78 Å². The molecular weight excluding hydrogens is 299 g/mol. The van der Waals surface area contributed by atoms with Crippen molar-refractivity contribution in [1.29, 1.82) is 0 Å². The third kappa shape index (κ3) is 3.96. The van der Waals surface area contributed by atoms with E-state index in [1.165, 1.54) is 0 Å². The molecule has 0 spiro atoms. The van der Waals surface area contributed by atoms with Crippen LogP contribution in [0.1, 0.15) is 12.5 Å². The number of alkyl halides is 5. The second kappa shape index (κ2) is 4.20. The van der Waals surface area contributed by atoms with Crippen molar-refractivity contribution >= 4 is 15.9 Å². The zero-order valence-corrected chi connectivity index (χ0v) is 9.49. The summed E-state index contributed by atoms with van der Waals surface area (Å²) in [6, 6.07) is 2.64. The van der Waals surface area contributed by atoms with E-state index < -0.39 is 23.6 Å². The summed E-state index contributed by atoms with van der Waals surface area (Å²) in [7, 11) is 0. The zero-order chi connectivity index (χ0) is 12.6. The summed E-state index contributed by atoms with van der Waals surface area (Å²) in [5, 5.41) is 0. The first-order valence-electron chi connectivity index (χ1n) is 4.02. The summed E-state index contributed by atoms with van der Waals surface area (Å²) in [5.41, 5.74) is -0.555. The molecule has 0 unspecified atom stereocenters. The molecule has 0 fully saturated rings. The van der Waals surface area contributed by atoms with Crippen molar-refractivity contribution in [3.05, 3.63) is 28.2 Å². The van der Waals surface area contributed by atoms with Gasteiger partial charge in [0, 0.05) is 17.0 Å². The van der Waals surface area contributed by atoms with Gasteiger partial charge in [-0.2, -0.15) is 0 Å². The Morgan fingerprint density at radius 3 is 2.06 bits per heavy atom. The fourth-order valence-electron chi connectivity index (χ4n) is 1.01. The van der Waals surface area contributed by atoms with E-state index in [1.807, 2.05) is 0 Å². The van der Waals surface area contributed by atoms with Crippen molar-refractivity contribution in [1.82, 2.24) is 0 Å². The van der Waals surface area contributed by atoms with Gasteiger partial charge in [0.15, 0.2) is 0 Å². The molecule has 90 valence electrons. The molecule has 1 rings (SSSR count). The van der Waals surface area contributed by atoms with E-state index in [9.17, 15) is 22.0 Å². The van der Waals surface area contributed by atoms with Crippen LogP contribution in [-0.2, 0) is 5.92 Å². The van der Waals surface area contributed by atoms with Gasteiger partial charge in [0.2, 0.25) is 0 Å². The van der Waals surface area contributed by atoms with Gasteiger partial charge in [-0.05, 0) is 18.2 Å². The lowest BCUT2D eigenvalue weighted by atomic mass is 10.1. The fraction of sp³-hybridized carbons (Fsp3) is 0.333. The fourth-order valence-corrected chi connectivity index (χ4v) is 1.48. The number of halogens is 6. The molecule has 0 aliphatic carbocycles. The standard InChI is InChI=1S/C9H6BrF5O/c1-8(11,12)5-2-6(10)4-7(3-5)16-9(13,14)15/h2-4H,1H3. The van der Waals surface area contributed by atoms with Crippen LogP contribution in [0.15, 0.2) is 22.7 Å². The van der Waals surface area contributed by atoms with Crippen LogP contribution >= 0.6 is 15.9 Å². The molecule has 16 heavy (non-hydrogen) atoms. The smallest absolute Gasteiger partial charge is 0.406 e. The first-order valence-corrected chi connectivity index (χ1v) is 4.82. The van der Waals surface area contributed by atoms with Crippen LogP contribution in [-0.4, -0.2) is 6.36 Å². The van der Waals surface area contributed by atoms with Crippen LogP contribution in [0.25, 0.3) is 0 Å². The summed E-state index contributed by atoms with van der Waals surface area (Å²) in [6.45, 7) is 0.589. The number of hydrogen-bond donors (Lipinski definition) is 0. The third-order valence-corrected chi connectivity index (χ3v) is 2.07. The minimum Gasteiger partial charge on any atom is -0.406 e. The van der Waals surface area contributed by atoms with Gasteiger partial charge in [-0.3, -0.25) is 0 Å². The molecule has 0 aromatic heterocycles. The van der Waals surface area contributed by atoms with Gasteiger partial charge >= 0.3 is 6.36 Å². The Hall–Kier alpha value is -0.850. The summed E-state index contributed by atoms with van der Waals surface area (Å²) >= 11 is 2.83. The van der Waals surface area contributed by atoms with E-state index >= 15 is 0 Å². The van der Waals surface area contributed by atoms with E-state index in [4.69, 9.17) is 0 Å². The van der Waals surface area contributed by atoms with Crippen molar-refractivity contribution in [2.45, 2.75) is 19.2 Å². The highest BCUT2D eigenvalue weighted by Crippen LogP contribution is 2.34. The van der Waals surface area contributed by atoms with Crippen molar-refractivity contribution in [3.8, 4) is 5.75 Å². The van der Waals surface area contributed by atoms with Crippen LogP contribution < -0.4 is 4.74 Å². The zero-order valence-electron chi connectivity index (χ0n) is 7.91. The minimum absolute atomic E-state index is 0.0887. The molecule has 0 N–H and O–H groups in total. The van der Waals surface area contributed by atoms with Crippen molar-refractivity contribution in [2.75, 3.05) is 0 Å². The number of hydrogen-bond acceptors (Lipinski definition) is 1. The molecule has 0 heterocycles. The summed E-state index contributed by atoms with van der Waals surface area (Å²) in [6.07, 6.45) is -4.90. The van der Waals surface area contributed by atoms with Crippen LogP contribution in [0.2, 0.25) is 0 Å². The van der Waals surface area contributed by atoms with Crippen molar-refractivity contribution < 1.29 is 26.7 Å². The Balaban J connectivity index is 3.09. The lowest BCUT2D eigenvalue weighted by Crippen LogP contribution is -2.18. The number of rotatable bonds is 2. The summed E-state index contributed by atoms with van der Waals surface area (Å²) in [4.78, 5) is 0. The van der Waals surface area contributed by atoms with Crippen LogP contribution in [0.3, 0.4) is 0 Å². The summed E-state index contributed by atoms with van der Waals surface area (Å²) < 4.78 is 65.1. The molecule has 1 aromatic rings. The summed E-state index contributed by atoms with van der Waals surface area (Å²) in [5.74, 6) is -3.91. The van der Waals surface area contributed by atoms with Gasteiger partial charge in [-0.15, -0.1) is 13.2 Å². The predicted molar refractivity (Wildman–Crippen MR) is 50.4 cm³/mol. The average molecular weight is 305 g/mol. The maximum atomic E-state index is 12.9. The Morgan fingerprint density at radius 2 is 1.62 bits per heavy atom. The maximum Gasteiger partial charge on any atom is 0.573 e. The third-order valence-electron chi connectivity index (χ3n) is 1.61. The largest absolute Gasteiger partial charge is 0.573 e. The van der Waals surface area contributed by atoms with Gasteiger partial charge in [-0.1, -0.05) is 15.9 Å². The lowest BCUT2D eigenvalue weighted by Gasteiger charge is -2.14. The van der Waals surface area contributed by atoms with Crippen molar-refractivity contribution in [2.24, 2.45) is 0 Å². The normalized spacial score (nSPS) is 12.7. The molecule has 0 saturated heterocycles. The Kier molecular flexibility index (Phi) is 3.47. The maximum absolute atomic E-state index is 12.9. The molecule has 0 atom stereocenters. The molecule has 0 radical (unpaired) electrons. The molecule has 1 aromatic carbocycles. The molecule has 0 aliphatic rings. The van der Waals surface area contributed by atoms with Crippen molar-refractivity contribution in [3.63, 3.8) is 0 Å². The second-order valence-corrected chi connectivity index (χ2v) is 4.03. The lowest BCUT2D eigenvalue weighted by molar-refractivity contribution is -0.274. The Bertz CT molecular complexity index is 382. The quantitative estimate of drug-likeness (QED) is 0.733. The molecule has 0 aliphatic heterocycles. The highest BCUT2D eigenvalue weighted by atomic mass is 79.9. The van der Waals surface area contributed by atoms with E-state index in [1.54, 1.807) is 0 Å². The van der Waals surface area contributed by atoms with Gasteiger partial charge in [0.1, 0.15) is 5.75 Å². The average Bonchev–Trinajstić information content (AvgIpc) is 1.97. The van der Waals surface area contributed by atoms with Gasteiger partial charge in [0.25, 0.3) is 5.92 Å². The number of ether oxygens (including phenoxy) is 1. The molecular formula is C9H6BrF5O. The van der Waals surface area contributed by atoms with E-state index in [0.717, 1.165) is 12.1 Å². The molecule has 0 bridgehead atoms. The molecule has 0 saturated carbocycles. The Morgan fingerprint density at radius 1 is 1.06 bits per heavy atom. The van der Waals surface area contributed by atoms with Crippen LogP contribution in [0.5, 0.6) is 5.75 Å². The SMILES string of the molecule is CC(F)(F)c1cc(Br)cc(OC(F)(F)F)c1. The second-order valence-electron chi connectivity index (χ2n) is 3.11. The molecule has 7 heteroatoms. The van der Waals surface area contributed by atoms with E-state index in [2.05, 4.69) is 20.7 Å². The monoisotopic (exact) mass is 304 g/mol. The molecule has 0 amide bonds. The topological polar surface area (TPSA) is 9.23 Å². The molecule has 1 nitrogen and oxygen atoms in total. The van der Waals surface area contributed by atoms with Crippen LogP contribution in [0.4, 0.5) is 22.0 Å². The Labute approximate surface area is 96.3 Å². The predicted octanol–water partition coefficient (Wildman–Crippen LogP) is 4.46. The van der Waals surface area contributed by atoms with Crippen LogP contribution in [0, 0.1) is 0 Å². The first kappa shape index (κ1) is 13.2. The van der Waals surface area contributed by atoms with Gasteiger partial charge < -0.3 is 4.74 Å². The van der Waals surface area contributed by atoms with Gasteiger partial charge in [0.05, 0.1) is 0 Å². The van der Waals surface area contributed by atoms with E-state index in [-0.39, 0.29) is 4.47 Å². The minimum atomic E-state index is -4.90. The first-order chi connectivity index (χ1) is 7.08. The highest BCUT2D eigenvalue weighted by molar-refractivity contribution is 9.10. The highest BCUT2D eigenvalue weighted by Gasteiger charge is 2.32. The number of benzene rings is 1.